The highest BCUT2D eigenvalue weighted by molar-refractivity contribution is 7.91. The summed E-state index contributed by atoms with van der Waals surface area (Å²) >= 11 is 0.964. The summed E-state index contributed by atoms with van der Waals surface area (Å²) in [5, 5.41) is 13.2. The van der Waals surface area contributed by atoms with E-state index in [9.17, 15) is 31.5 Å². The van der Waals surface area contributed by atoms with Gasteiger partial charge in [-0.25, -0.2) is 18.4 Å². The zero-order chi connectivity index (χ0) is 28.8. The van der Waals surface area contributed by atoms with Crippen molar-refractivity contribution in [3.8, 4) is 0 Å². The molecule has 39 heavy (non-hydrogen) atoms. The topological polar surface area (TPSA) is 145 Å². The van der Waals surface area contributed by atoms with Crippen LogP contribution in [-0.4, -0.2) is 96.1 Å². The second kappa shape index (κ2) is 10.8. The molecule has 216 valence electrons. The Morgan fingerprint density at radius 1 is 1.21 bits per heavy atom. The average molecular weight is 592 g/mol. The van der Waals surface area contributed by atoms with Gasteiger partial charge in [-0.1, -0.05) is 13.8 Å². The van der Waals surface area contributed by atoms with Gasteiger partial charge in [-0.3, -0.25) is 9.69 Å². The fourth-order valence-corrected chi connectivity index (χ4v) is 7.60. The van der Waals surface area contributed by atoms with Crippen molar-refractivity contribution in [3.63, 3.8) is 0 Å². The first-order chi connectivity index (χ1) is 18.1. The number of nitrogen functional groups attached to an aromatic ring is 1. The van der Waals surface area contributed by atoms with E-state index in [-0.39, 0.29) is 41.6 Å². The first-order valence-electron chi connectivity index (χ1n) is 12.4. The van der Waals surface area contributed by atoms with Crippen LogP contribution in [0.4, 0.5) is 24.1 Å². The van der Waals surface area contributed by atoms with Crippen molar-refractivity contribution in [2.75, 3.05) is 49.9 Å². The van der Waals surface area contributed by atoms with Crippen LogP contribution in [0.25, 0.3) is 0 Å². The van der Waals surface area contributed by atoms with Gasteiger partial charge in [-0.15, -0.1) is 11.3 Å². The number of thiophene rings is 1. The molecule has 2 saturated heterocycles. The maximum atomic E-state index is 13.4. The first kappa shape index (κ1) is 29.5. The Morgan fingerprint density at radius 3 is 2.44 bits per heavy atom. The van der Waals surface area contributed by atoms with Gasteiger partial charge >= 0.3 is 6.18 Å². The van der Waals surface area contributed by atoms with Gasteiger partial charge < -0.3 is 21.1 Å². The zero-order valence-electron chi connectivity index (χ0n) is 21.7. The molecule has 0 aromatic carbocycles. The van der Waals surface area contributed by atoms with Crippen LogP contribution in [0.5, 0.6) is 0 Å². The summed E-state index contributed by atoms with van der Waals surface area (Å²) in [5.41, 5.74) is 2.11. The van der Waals surface area contributed by atoms with Crippen molar-refractivity contribution in [2.24, 2.45) is 5.92 Å². The third-order valence-corrected chi connectivity index (χ3v) is 10.3. The molecule has 1 amide bonds. The number of piperazine rings is 2. The number of hydrogen-bond acceptors (Lipinski definition) is 10. The van der Waals surface area contributed by atoms with Crippen LogP contribution in [-0.2, 0) is 20.4 Å². The molecule has 0 bridgehead atoms. The quantitative estimate of drug-likeness (QED) is 0.433. The maximum absolute atomic E-state index is 13.4. The summed E-state index contributed by atoms with van der Waals surface area (Å²) in [4.78, 5) is 24.6. The SMILES string of the molecule is CC(C)[C@@H]1C(=O)NCCN1C[C@H]1CN(S(=O)(=O)c2ccc(N)s2)CCN1c1ncc(C(C)(O)C(F)(F)F)cn1. The lowest BCUT2D eigenvalue weighted by Gasteiger charge is -2.45. The number of anilines is 2. The van der Waals surface area contributed by atoms with Crippen molar-refractivity contribution >= 4 is 38.2 Å². The number of aliphatic hydroxyl groups is 1. The summed E-state index contributed by atoms with van der Waals surface area (Å²) in [5.74, 6) is -0.0368. The molecule has 11 nitrogen and oxygen atoms in total. The van der Waals surface area contributed by atoms with Gasteiger partial charge in [-0.05, 0) is 25.0 Å². The fourth-order valence-electron chi connectivity index (χ4n) is 4.88. The van der Waals surface area contributed by atoms with Crippen LogP contribution in [0.3, 0.4) is 0 Å². The zero-order valence-corrected chi connectivity index (χ0v) is 23.4. The largest absolute Gasteiger partial charge is 0.421 e. The van der Waals surface area contributed by atoms with E-state index in [0.29, 0.717) is 31.6 Å². The Labute approximate surface area is 228 Å². The van der Waals surface area contributed by atoms with E-state index < -0.39 is 39.4 Å². The van der Waals surface area contributed by atoms with Gasteiger partial charge in [-0.2, -0.15) is 17.5 Å². The summed E-state index contributed by atoms with van der Waals surface area (Å²) in [6, 6.07) is 2.02. The van der Waals surface area contributed by atoms with Crippen LogP contribution in [0, 0.1) is 5.92 Å². The van der Waals surface area contributed by atoms with Crippen molar-refractivity contribution in [1.82, 2.24) is 24.5 Å². The van der Waals surface area contributed by atoms with E-state index >= 15 is 0 Å². The Kier molecular flexibility index (Phi) is 8.16. The number of amides is 1. The number of alkyl halides is 3. The van der Waals surface area contributed by atoms with Crippen molar-refractivity contribution in [2.45, 2.75) is 48.8 Å². The second-order valence-corrected chi connectivity index (χ2v) is 13.5. The standard InChI is InChI=1S/C23H32F3N7O4S2/c1-14(2)19-20(34)28-6-7-31(19)12-16-13-32(39(36,37)18-5-4-17(27)38-18)8-9-33(16)21-29-10-15(11-30-21)22(3,35)23(24,25)26/h4-5,10-11,14,16,19,35H,6-9,12-13,27H2,1-3H3,(H,28,34)/t16-,19+,22?/m0/s1. The minimum atomic E-state index is -4.92. The number of rotatable bonds is 7. The molecule has 0 spiro atoms. The number of hydrogen-bond donors (Lipinski definition) is 3. The normalized spacial score (nSPS) is 23.6. The molecule has 4 rings (SSSR count). The minimum Gasteiger partial charge on any atom is -0.391 e. The van der Waals surface area contributed by atoms with Gasteiger partial charge in [0.25, 0.3) is 10.0 Å². The highest BCUT2D eigenvalue weighted by atomic mass is 32.2. The summed E-state index contributed by atoms with van der Waals surface area (Å²) in [6.45, 7) is 6.02. The molecule has 4 heterocycles. The molecule has 0 radical (unpaired) electrons. The molecule has 1 unspecified atom stereocenters. The molecule has 2 aromatic heterocycles. The molecule has 0 saturated carbocycles. The van der Waals surface area contributed by atoms with Crippen molar-refractivity contribution < 1.29 is 31.5 Å². The average Bonchev–Trinajstić information content (AvgIpc) is 3.30. The molecule has 3 atom stereocenters. The summed E-state index contributed by atoms with van der Waals surface area (Å²) in [7, 11) is -3.86. The fraction of sp³-hybridized carbons (Fsp3) is 0.609. The van der Waals surface area contributed by atoms with Gasteiger partial charge in [0.1, 0.15) is 4.21 Å². The minimum absolute atomic E-state index is 0.0172. The van der Waals surface area contributed by atoms with E-state index in [1.807, 2.05) is 18.7 Å². The lowest BCUT2D eigenvalue weighted by Crippen LogP contribution is -2.64. The van der Waals surface area contributed by atoms with Gasteiger partial charge in [0.05, 0.1) is 17.1 Å². The molecular weight excluding hydrogens is 559 g/mol. The summed E-state index contributed by atoms with van der Waals surface area (Å²) < 4.78 is 68.1. The number of aromatic nitrogens is 2. The van der Waals surface area contributed by atoms with Crippen LogP contribution >= 0.6 is 11.3 Å². The van der Waals surface area contributed by atoms with Crippen molar-refractivity contribution in [1.29, 1.82) is 0 Å². The number of sulfonamides is 1. The number of nitrogens with one attached hydrogen (secondary N) is 1. The number of carbonyl (C=O) groups is 1. The molecule has 16 heteroatoms. The molecule has 2 aromatic rings. The third kappa shape index (κ3) is 5.84. The smallest absolute Gasteiger partial charge is 0.391 e. The van der Waals surface area contributed by atoms with Crippen LogP contribution in [0.1, 0.15) is 26.3 Å². The monoisotopic (exact) mass is 591 g/mol. The van der Waals surface area contributed by atoms with Gasteiger partial charge in [0.2, 0.25) is 11.9 Å². The third-order valence-electron chi connectivity index (χ3n) is 7.09. The van der Waals surface area contributed by atoms with Crippen molar-refractivity contribution in [3.05, 3.63) is 30.1 Å². The number of halogens is 3. The summed E-state index contributed by atoms with van der Waals surface area (Å²) in [6.07, 6.45) is -3.07. The number of nitrogens with zero attached hydrogens (tertiary/aromatic N) is 5. The number of carbonyl (C=O) groups excluding carboxylic acids is 1. The van der Waals surface area contributed by atoms with Crippen LogP contribution in [0.15, 0.2) is 28.7 Å². The first-order valence-corrected chi connectivity index (χ1v) is 14.6. The number of nitrogens with two attached hydrogens (primary N) is 1. The highest BCUT2D eigenvalue weighted by Crippen LogP contribution is 2.38. The Morgan fingerprint density at radius 2 is 1.87 bits per heavy atom. The Bertz CT molecular complexity index is 1290. The molecule has 2 aliphatic rings. The Balaban J connectivity index is 1.65. The second-order valence-electron chi connectivity index (χ2n) is 10.2. The van der Waals surface area contributed by atoms with Crippen LogP contribution < -0.4 is 16.0 Å². The molecule has 2 fully saturated rings. The molecular formula is C23H32F3N7O4S2. The highest BCUT2D eigenvalue weighted by Gasteiger charge is 2.51. The van der Waals surface area contributed by atoms with E-state index in [1.165, 1.54) is 16.4 Å². The van der Waals surface area contributed by atoms with E-state index in [2.05, 4.69) is 15.3 Å². The van der Waals surface area contributed by atoms with E-state index in [0.717, 1.165) is 23.7 Å². The Hall–Kier alpha value is -2.53. The van der Waals surface area contributed by atoms with E-state index in [1.54, 1.807) is 4.90 Å². The van der Waals surface area contributed by atoms with E-state index in [4.69, 9.17) is 5.73 Å². The molecule has 4 N–H and O–H groups in total. The van der Waals surface area contributed by atoms with Gasteiger partial charge in [0.15, 0.2) is 5.60 Å². The van der Waals surface area contributed by atoms with Crippen LogP contribution in [0.2, 0.25) is 0 Å². The lowest BCUT2D eigenvalue weighted by atomic mass is 9.98. The lowest BCUT2D eigenvalue weighted by molar-refractivity contribution is -0.259. The maximum Gasteiger partial charge on any atom is 0.421 e. The predicted octanol–water partition coefficient (Wildman–Crippen LogP) is 1.23. The molecule has 0 aliphatic carbocycles. The molecule has 2 aliphatic heterocycles. The van der Waals surface area contributed by atoms with Gasteiger partial charge in [0, 0.05) is 57.2 Å². The predicted molar refractivity (Wildman–Crippen MR) is 139 cm³/mol.